The van der Waals surface area contributed by atoms with Crippen LogP contribution in [0, 0.1) is 11.3 Å². The molecule has 3 aromatic heterocycles. The SMILES string of the molecule is CN(C)S(=O)(=O)Nc1ccc([C@@H](CCN2CCNC(=O)CC2)NC(=O)c2nc3cc4c(nc3s2)CC[C@H](C(C)(C)C)C4)cn1. The number of nitrogens with zero attached hydrogens (tertiary/aromatic N) is 5. The van der Waals surface area contributed by atoms with E-state index in [2.05, 4.69) is 57.1 Å². The van der Waals surface area contributed by atoms with Crippen LogP contribution < -0.4 is 15.4 Å². The van der Waals surface area contributed by atoms with Crippen molar-refractivity contribution < 1.29 is 18.0 Å². The Morgan fingerprint density at radius 3 is 2.70 bits per heavy atom. The van der Waals surface area contributed by atoms with E-state index in [9.17, 15) is 18.0 Å². The van der Waals surface area contributed by atoms with Gasteiger partial charge in [0.2, 0.25) is 5.91 Å². The van der Waals surface area contributed by atoms with Gasteiger partial charge in [-0.1, -0.05) is 38.2 Å². The van der Waals surface area contributed by atoms with Crippen LogP contribution in [0.25, 0.3) is 10.3 Å². The van der Waals surface area contributed by atoms with Crippen LogP contribution in [0.5, 0.6) is 0 Å². The maximum absolute atomic E-state index is 13.6. The average Bonchev–Trinajstić information content (AvgIpc) is 3.27. The number of aryl methyl sites for hydroxylation is 1. The van der Waals surface area contributed by atoms with Crippen LogP contribution in [0.15, 0.2) is 24.4 Å². The van der Waals surface area contributed by atoms with Gasteiger partial charge in [-0.2, -0.15) is 12.7 Å². The first-order valence-corrected chi connectivity index (χ1v) is 17.3. The molecule has 2 atom stereocenters. The predicted octanol–water partition coefficient (Wildman–Crippen LogP) is 3.14. The molecule has 238 valence electrons. The van der Waals surface area contributed by atoms with Gasteiger partial charge in [0.05, 0.1) is 6.04 Å². The molecule has 3 aromatic rings. The third kappa shape index (κ3) is 7.71. The minimum atomic E-state index is -3.70. The first kappa shape index (κ1) is 32.2. The van der Waals surface area contributed by atoms with Crippen molar-refractivity contribution in [2.45, 2.75) is 58.9 Å². The molecule has 3 N–H and O–H groups in total. The molecule has 0 aromatic carbocycles. The number of hydrogen-bond acceptors (Lipinski definition) is 9. The standard InChI is InChI=1S/C30H42N8O4S2/c1-30(2,3)21-7-8-22-20(16-21)17-24-28(34-22)43-29(35-24)27(40)33-23(10-13-38-14-11-26(39)31-12-15-38)19-6-9-25(32-18-19)36-44(41,42)37(4)5/h6,9,17-18,21,23H,7-8,10-16H2,1-5H3,(H,31,39)(H,32,36)(H,33,40)/t21-,23+/m0/s1. The maximum Gasteiger partial charge on any atom is 0.302 e. The quantitative estimate of drug-likeness (QED) is 0.322. The van der Waals surface area contributed by atoms with E-state index in [1.807, 2.05) is 0 Å². The third-order valence-electron chi connectivity index (χ3n) is 8.52. The zero-order valence-corrected chi connectivity index (χ0v) is 27.6. The summed E-state index contributed by atoms with van der Waals surface area (Å²) in [6, 6.07) is 5.04. The number of rotatable bonds is 9. The summed E-state index contributed by atoms with van der Waals surface area (Å²) < 4.78 is 28.0. The third-order valence-corrected chi connectivity index (χ3v) is 10.9. The van der Waals surface area contributed by atoms with Gasteiger partial charge in [0.1, 0.15) is 16.2 Å². The van der Waals surface area contributed by atoms with Gasteiger partial charge in [-0.25, -0.2) is 15.0 Å². The van der Waals surface area contributed by atoms with E-state index < -0.39 is 16.3 Å². The highest BCUT2D eigenvalue weighted by Crippen LogP contribution is 2.38. The fourth-order valence-corrected chi connectivity index (χ4v) is 7.05. The van der Waals surface area contributed by atoms with E-state index in [0.29, 0.717) is 43.4 Å². The summed E-state index contributed by atoms with van der Waals surface area (Å²) in [5.74, 6) is 0.498. The van der Waals surface area contributed by atoms with Gasteiger partial charge in [-0.15, -0.1) is 0 Å². The first-order valence-electron chi connectivity index (χ1n) is 15.0. The molecule has 1 fully saturated rings. The van der Waals surface area contributed by atoms with Crippen LogP contribution >= 0.6 is 11.3 Å². The van der Waals surface area contributed by atoms with Gasteiger partial charge in [0.25, 0.3) is 5.91 Å². The van der Waals surface area contributed by atoms with Gasteiger partial charge < -0.3 is 15.5 Å². The molecular weight excluding hydrogens is 601 g/mol. The summed E-state index contributed by atoms with van der Waals surface area (Å²) in [7, 11) is -0.835. The minimum absolute atomic E-state index is 0.0392. The summed E-state index contributed by atoms with van der Waals surface area (Å²) in [6.07, 6.45) is 5.57. The fraction of sp³-hybridized carbons (Fsp3) is 0.567. The van der Waals surface area contributed by atoms with Crippen LogP contribution in [0.1, 0.15) is 72.7 Å². The van der Waals surface area contributed by atoms with Crippen LogP contribution in [0.4, 0.5) is 5.82 Å². The monoisotopic (exact) mass is 642 g/mol. The molecule has 5 rings (SSSR count). The Balaban J connectivity index is 1.35. The summed E-state index contributed by atoms with van der Waals surface area (Å²) >= 11 is 1.29. The molecule has 0 bridgehead atoms. The fourth-order valence-electron chi connectivity index (χ4n) is 5.63. The predicted molar refractivity (Wildman–Crippen MR) is 172 cm³/mol. The summed E-state index contributed by atoms with van der Waals surface area (Å²) in [4.78, 5) is 42.3. The molecule has 1 aliphatic heterocycles. The molecule has 4 heterocycles. The molecule has 12 nitrogen and oxygen atoms in total. The van der Waals surface area contributed by atoms with E-state index in [4.69, 9.17) is 4.98 Å². The number of amides is 2. The van der Waals surface area contributed by atoms with Gasteiger partial charge in [0.15, 0.2) is 5.01 Å². The van der Waals surface area contributed by atoms with Crippen LogP contribution in [0.3, 0.4) is 0 Å². The van der Waals surface area contributed by atoms with E-state index >= 15 is 0 Å². The zero-order chi connectivity index (χ0) is 31.6. The van der Waals surface area contributed by atoms with Crippen molar-refractivity contribution in [3.8, 4) is 0 Å². The highest BCUT2D eigenvalue weighted by atomic mass is 32.2. The molecule has 0 spiro atoms. The zero-order valence-electron chi connectivity index (χ0n) is 26.0. The number of nitrogens with one attached hydrogen (secondary N) is 3. The Kier molecular flexibility index (Phi) is 9.54. The lowest BCUT2D eigenvalue weighted by molar-refractivity contribution is -0.120. The van der Waals surface area contributed by atoms with E-state index in [1.165, 1.54) is 31.0 Å². The minimum Gasteiger partial charge on any atom is -0.355 e. The number of fused-ring (bicyclic) bond motifs is 2. The number of carbonyl (C=O) groups excluding carboxylic acids is 2. The topological polar surface area (TPSA) is 150 Å². The van der Waals surface area contributed by atoms with Gasteiger partial charge in [-0.05, 0) is 60.3 Å². The number of thiazole rings is 1. The van der Waals surface area contributed by atoms with Crippen molar-refractivity contribution in [3.05, 3.63) is 46.2 Å². The van der Waals surface area contributed by atoms with Gasteiger partial charge in [-0.3, -0.25) is 14.3 Å². The maximum atomic E-state index is 13.6. The van der Waals surface area contributed by atoms with Crippen molar-refractivity contribution in [1.82, 2.24) is 34.8 Å². The number of carbonyl (C=O) groups is 2. The van der Waals surface area contributed by atoms with Crippen LogP contribution in [-0.4, -0.2) is 84.7 Å². The number of pyridine rings is 2. The molecule has 0 radical (unpaired) electrons. The van der Waals surface area contributed by atoms with E-state index in [-0.39, 0.29) is 23.0 Å². The molecule has 1 saturated heterocycles. The van der Waals surface area contributed by atoms with Crippen LogP contribution in [0.2, 0.25) is 0 Å². The summed E-state index contributed by atoms with van der Waals surface area (Å²) in [5, 5.41) is 6.38. The lowest BCUT2D eigenvalue weighted by atomic mass is 9.71. The summed E-state index contributed by atoms with van der Waals surface area (Å²) in [6.45, 7) is 9.44. The Morgan fingerprint density at radius 2 is 2.00 bits per heavy atom. The van der Waals surface area contributed by atoms with Gasteiger partial charge in [0, 0.05) is 58.6 Å². The molecule has 1 aliphatic carbocycles. The van der Waals surface area contributed by atoms with Crippen LogP contribution in [-0.2, 0) is 27.8 Å². The molecule has 2 aliphatic rings. The molecule has 44 heavy (non-hydrogen) atoms. The Labute approximate surface area is 263 Å². The van der Waals surface area contributed by atoms with E-state index in [1.54, 1.807) is 18.3 Å². The Bertz CT molecular complexity index is 1620. The van der Waals surface area contributed by atoms with Gasteiger partial charge >= 0.3 is 10.2 Å². The van der Waals surface area contributed by atoms with Crippen molar-refractivity contribution in [1.29, 1.82) is 0 Å². The van der Waals surface area contributed by atoms with Crippen molar-refractivity contribution in [2.24, 2.45) is 11.3 Å². The van der Waals surface area contributed by atoms with Crippen molar-refractivity contribution in [3.63, 3.8) is 0 Å². The normalized spacial score (nSPS) is 18.9. The average molecular weight is 643 g/mol. The molecule has 0 unspecified atom stereocenters. The smallest absolute Gasteiger partial charge is 0.302 e. The highest BCUT2D eigenvalue weighted by molar-refractivity contribution is 7.90. The molecular formula is C30H42N8O4S2. The lowest BCUT2D eigenvalue weighted by Gasteiger charge is -2.34. The lowest BCUT2D eigenvalue weighted by Crippen LogP contribution is -2.34. The molecule has 0 saturated carbocycles. The van der Waals surface area contributed by atoms with Crippen molar-refractivity contribution in [2.75, 3.05) is 45.0 Å². The Hall–Kier alpha value is -3.20. The second-order valence-corrected chi connectivity index (χ2v) is 15.7. The molecule has 14 heteroatoms. The first-order chi connectivity index (χ1) is 20.8. The molecule has 2 amide bonds. The summed E-state index contributed by atoms with van der Waals surface area (Å²) in [5.41, 5.74) is 4.02. The van der Waals surface area contributed by atoms with Crippen molar-refractivity contribution >= 4 is 49.5 Å². The number of hydrogen-bond donors (Lipinski definition) is 3. The second kappa shape index (κ2) is 13.0. The largest absolute Gasteiger partial charge is 0.355 e. The Morgan fingerprint density at radius 1 is 1.20 bits per heavy atom. The second-order valence-electron chi connectivity index (χ2n) is 12.9. The number of aromatic nitrogens is 3. The highest BCUT2D eigenvalue weighted by Gasteiger charge is 2.30. The number of anilines is 1. The van der Waals surface area contributed by atoms with E-state index in [0.717, 1.165) is 51.7 Å².